The van der Waals surface area contributed by atoms with Crippen LogP contribution in [0.3, 0.4) is 0 Å². The molecule has 0 heterocycles. The van der Waals surface area contributed by atoms with Crippen molar-refractivity contribution in [2.75, 3.05) is 7.11 Å². The molecule has 90 heavy (non-hydrogen) atoms. The van der Waals surface area contributed by atoms with E-state index in [0.717, 1.165) is 12.8 Å². The van der Waals surface area contributed by atoms with Crippen LogP contribution >= 0.6 is 0 Å². The van der Waals surface area contributed by atoms with Gasteiger partial charge in [0.15, 0.2) is 0 Å². The quantitative estimate of drug-likeness (QED) is 0.0973. The predicted molar refractivity (Wildman–Crippen MR) is 398 cm³/mol. The normalized spacial score (nSPS) is 13.2. The Hall–Kier alpha value is -8.82. The number of fused-ring (bicyclic) bond motifs is 13. The zero-order chi connectivity index (χ0) is 62.5. The van der Waals surface area contributed by atoms with E-state index in [9.17, 15) is 0 Å². The van der Waals surface area contributed by atoms with Crippen molar-refractivity contribution in [1.29, 1.82) is 0 Å². The molecule has 0 radical (unpaired) electrons. The minimum absolute atomic E-state index is 0.0222. The summed E-state index contributed by atoms with van der Waals surface area (Å²) in [6, 6.07) is 80.3. The van der Waals surface area contributed by atoms with E-state index in [1.807, 2.05) is 6.07 Å². The van der Waals surface area contributed by atoms with Crippen molar-refractivity contribution in [2.24, 2.45) is 0 Å². The molecular formula is C88H81BO. The molecule has 0 saturated heterocycles. The van der Waals surface area contributed by atoms with Crippen LogP contribution in [0.4, 0.5) is 0 Å². The van der Waals surface area contributed by atoms with Crippen molar-refractivity contribution >= 4 is 142 Å². The minimum Gasteiger partial charge on any atom is -0.434 e. The summed E-state index contributed by atoms with van der Waals surface area (Å²) in [4.78, 5) is 0. The van der Waals surface area contributed by atoms with Gasteiger partial charge >= 0.3 is 6.92 Å². The zero-order valence-electron chi connectivity index (χ0n) is 55.1. The average molecular weight is 1170 g/mol. The second kappa shape index (κ2) is 20.9. The van der Waals surface area contributed by atoms with Crippen LogP contribution in [0.15, 0.2) is 212 Å². The molecule has 17 rings (SSSR count). The van der Waals surface area contributed by atoms with E-state index in [-0.39, 0.29) is 28.6 Å². The average Bonchev–Trinajstić information content (AvgIpc) is 0.677. The Balaban J connectivity index is 0.000000139. The second-order valence-corrected chi connectivity index (χ2v) is 30.2. The highest BCUT2D eigenvalue weighted by atomic mass is 16.4. The molecule has 16 aromatic rings. The van der Waals surface area contributed by atoms with Crippen LogP contribution in [0.25, 0.3) is 140 Å². The van der Waals surface area contributed by atoms with Crippen molar-refractivity contribution in [2.45, 2.75) is 124 Å². The lowest BCUT2D eigenvalue weighted by molar-refractivity contribution is 0.435. The fourth-order valence-corrected chi connectivity index (χ4v) is 15.5. The van der Waals surface area contributed by atoms with Crippen LogP contribution in [-0.2, 0) is 39.2 Å². The maximum Gasteiger partial charge on any atom is 0.323 e. The van der Waals surface area contributed by atoms with Crippen molar-refractivity contribution in [1.82, 2.24) is 0 Å². The van der Waals surface area contributed by atoms with E-state index >= 15 is 0 Å². The predicted octanol–water partition coefficient (Wildman–Crippen LogP) is 24.2. The summed E-state index contributed by atoms with van der Waals surface area (Å²) in [5, 5.41) is 33.4. The van der Waals surface area contributed by atoms with Gasteiger partial charge in [-0.3, -0.25) is 0 Å². The Morgan fingerprint density at radius 3 is 0.967 bits per heavy atom. The van der Waals surface area contributed by atoms with E-state index < -0.39 is 0 Å². The molecule has 0 aliphatic heterocycles. The van der Waals surface area contributed by atoms with Gasteiger partial charge in [-0.05, 0) is 238 Å². The minimum atomic E-state index is -0.0222. The van der Waals surface area contributed by atoms with Gasteiger partial charge in [-0.25, -0.2) is 0 Å². The Labute approximate surface area is 531 Å². The number of aryl methyl sites for hydroxylation is 2. The molecule has 0 aromatic heterocycles. The largest absolute Gasteiger partial charge is 0.434 e. The summed E-state index contributed by atoms with van der Waals surface area (Å²) in [6.45, 7) is 30.2. The molecule has 16 aromatic carbocycles. The molecule has 1 aliphatic rings. The summed E-state index contributed by atoms with van der Waals surface area (Å²) < 4.78 is 5.40. The summed E-state index contributed by atoms with van der Waals surface area (Å²) in [7, 11) is 1.74. The Morgan fingerprint density at radius 2 is 0.589 bits per heavy atom. The van der Waals surface area contributed by atoms with Gasteiger partial charge in [-0.2, -0.15) is 0 Å². The third-order valence-electron chi connectivity index (χ3n) is 20.4. The maximum absolute atomic E-state index is 5.40. The number of hydrogen-bond donors (Lipinski definition) is 0. The Kier molecular flexibility index (Phi) is 13.4. The highest BCUT2D eigenvalue weighted by molar-refractivity contribution is 6.67. The molecule has 0 saturated carbocycles. The van der Waals surface area contributed by atoms with Gasteiger partial charge in [0.25, 0.3) is 0 Å². The van der Waals surface area contributed by atoms with Crippen LogP contribution < -0.4 is 5.46 Å². The van der Waals surface area contributed by atoms with E-state index in [1.54, 1.807) is 7.11 Å². The van der Waals surface area contributed by atoms with Gasteiger partial charge in [0, 0.05) is 7.11 Å². The zero-order valence-corrected chi connectivity index (χ0v) is 55.1. The first-order valence-corrected chi connectivity index (χ1v) is 32.8. The Morgan fingerprint density at radius 1 is 0.278 bits per heavy atom. The fraction of sp³-hybridized carbons (Fsp3) is 0.227. The molecule has 0 amide bonds. The highest BCUT2D eigenvalue weighted by Gasteiger charge is 2.30. The molecule has 0 atom stereocenters. The molecule has 0 unspecified atom stereocenters. The smallest absolute Gasteiger partial charge is 0.323 e. The van der Waals surface area contributed by atoms with E-state index in [0.29, 0.717) is 0 Å². The van der Waals surface area contributed by atoms with Gasteiger partial charge in [-0.15, -0.1) is 0 Å². The van der Waals surface area contributed by atoms with Crippen molar-refractivity contribution < 1.29 is 4.65 Å². The van der Waals surface area contributed by atoms with E-state index in [1.165, 1.54) is 179 Å². The van der Waals surface area contributed by atoms with E-state index in [2.05, 4.69) is 296 Å². The van der Waals surface area contributed by atoms with E-state index in [4.69, 9.17) is 4.65 Å². The molecule has 1 aliphatic carbocycles. The highest BCUT2D eigenvalue weighted by Crippen LogP contribution is 2.54. The lowest BCUT2D eigenvalue weighted by Gasteiger charge is -2.28. The van der Waals surface area contributed by atoms with Gasteiger partial charge < -0.3 is 4.65 Å². The van der Waals surface area contributed by atoms with Crippen molar-refractivity contribution in [3.63, 3.8) is 0 Å². The second-order valence-electron chi connectivity index (χ2n) is 30.2. The number of hydrogen-bond acceptors (Lipinski definition) is 1. The summed E-state index contributed by atoms with van der Waals surface area (Å²) in [6.07, 6.45) is 2.20. The SMILES string of the molecule is CC(C)(C)c1cc2c3c4ccccc4c4ccccc4c3c3cc(C(C)(C)C)cc4c5c6cccc7c6c6c(cccc6c5c(c1)c2c34)CC7.CC(C)(C)c1cc2ccc3cc(C(C)(C)C)cc4ccc(c1)c2c34.COB(C)c1ccccc1-c1ccccc1. The maximum atomic E-state index is 5.40. The van der Waals surface area contributed by atoms with Crippen LogP contribution in [0.2, 0.25) is 6.82 Å². The third kappa shape index (κ3) is 9.22. The van der Waals surface area contributed by atoms with Crippen LogP contribution in [0.1, 0.15) is 116 Å². The standard InChI is InChI=1S/C50H40.C24H26.C14H15BO/c1-49(2,3)29-23-37-43-33-17-9-7-15-31(33)32-16-8-10-18-34(32)44(43)38-24-30(50(4,5)6)26-40-46-36-20-12-14-28-22-21-27-13-11-19-35(41(27)42(28)36)45(46)39(25-29)47(37)48(38)40;1-23(2,3)19-11-15-7-9-17-13-20(24(4,5)6)14-18-10-8-16(12-19)21(15)22(17)18;1-15(16-2)14-11-7-6-10-13(14)12-8-4-3-5-9-12/h7-20,23-26H,21-22H2,1-6H3;7-14H,1-6H3;3-11H,1-2H3. The molecule has 0 bridgehead atoms. The molecule has 442 valence electrons. The lowest BCUT2D eigenvalue weighted by atomic mass is 9.61. The molecule has 0 N–H and O–H groups in total. The molecule has 2 heteroatoms. The summed E-state index contributed by atoms with van der Waals surface area (Å²) >= 11 is 0. The van der Waals surface area contributed by atoms with Gasteiger partial charge in [0.2, 0.25) is 0 Å². The van der Waals surface area contributed by atoms with Gasteiger partial charge in [0.05, 0.1) is 0 Å². The summed E-state index contributed by atoms with van der Waals surface area (Å²) in [5.74, 6) is 0. The first-order chi connectivity index (χ1) is 43.1. The topological polar surface area (TPSA) is 9.23 Å². The molecule has 0 fully saturated rings. The summed E-state index contributed by atoms with van der Waals surface area (Å²) in [5.41, 5.74) is 12.6. The fourth-order valence-electron chi connectivity index (χ4n) is 15.5. The number of rotatable bonds is 3. The first-order valence-electron chi connectivity index (χ1n) is 32.8. The van der Waals surface area contributed by atoms with Crippen LogP contribution in [-0.4, -0.2) is 14.0 Å². The van der Waals surface area contributed by atoms with Gasteiger partial charge in [0.1, 0.15) is 0 Å². The third-order valence-corrected chi connectivity index (χ3v) is 20.4. The molecule has 1 nitrogen and oxygen atoms in total. The lowest BCUT2D eigenvalue weighted by Crippen LogP contribution is -2.30. The van der Waals surface area contributed by atoms with Crippen molar-refractivity contribution in [3.05, 3.63) is 246 Å². The monoisotopic (exact) mass is 1160 g/mol. The van der Waals surface area contributed by atoms with Crippen LogP contribution in [0.5, 0.6) is 0 Å². The Bertz CT molecular complexity index is 5190. The van der Waals surface area contributed by atoms with Crippen molar-refractivity contribution in [3.8, 4) is 11.1 Å². The van der Waals surface area contributed by atoms with Crippen LogP contribution in [0, 0.1) is 0 Å². The first kappa shape index (κ1) is 57.6. The molecule has 0 spiro atoms. The number of benzene rings is 16. The van der Waals surface area contributed by atoms with Gasteiger partial charge in [-0.1, -0.05) is 278 Å². The molecular weight excluding hydrogens is 1080 g/mol.